The van der Waals surface area contributed by atoms with Gasteiger partial charge in [-0.05, 0) is 79.4 Å². The number of nitrogens with zero attached hydrogens (tertiary/aromatic N) is 1. The standard InChI is InChI=1S/C25H37N5O4S/c1-16(2)26-23(32)28-19(12-13-30(6)7)17-8-10-18(11-9-17)22(31)27-20-14-35-15-21(20)29-24(33)34-25(3,4)5/h8-11,14-16,19H,12-13H2,1-7H3,(H,27,31)(H,29,33)(H2,26,28,32). The van der Waals surface area contributed by atoms with Crippen LogP contribution in [0.4, 0.5) is 21.0 Å². The normalized spacial score (nSPS) is 12.3. The molecule has 0 saturated heterocycles. The van der Waals surface area contributed by atoms with Crippen LogP contribution < -0.4 is 21.3 Å². The summed E-state index contributed by atoms with van der Waals surface area (Å²) >= 11 is 1.35. The van der Waals surface area contributed by atoms with E-state index in [9.17, 15) is 14.4 Å². The molecule has 0 saturated carbocycles. The Morgan fingerprint density at radius 3 is 2.11 bits per heavy atom. The van der Waals surface area contributed by atoms with Crippen molar-refractivity contribution in [3.05, 3.63) is 46.2 Å². The minimum atomic E-state index is -0.625. The van der Waals surface area contributed by atoms with Crippen molar-refractivity contribution in [3.63, 3.8) is 0 Å². The summed E-state index contributed by atoms with van der Waals surface area (Å²) in [5, 5.41) is 14.8. The number of carbonyl (C=O) groups is 3. The van der Waals surface area contributed by atoms with Crippen molar-refractivity contribution in [2.45, 2.75) is 58.7 Å². The molecule has 0 spiro atoms. The lowest BCUT2D eigenvalue weighted by Gasteiger charge is -2.22. The summed E-state index contributed by atoms with van der Waals surface area (Å²) in [5.41, 5.74) is 1.70. The topological polar surface area (TPSA) is 112 Å². The molecule has 1 atom stereocenters. The Morgan fingerprint density at radius 2 is 1.57 bits per heavy atom. The zero-order valence-electron chi connectivity index (χ0n) is 21.5. The molecule has 192 valence electrons. The molecule has 1 unspecified atom stereocenters. The molecule has 0 aliphatic carbocycles. The molecule has 4 N–H and O–H groups in total. The number of carbonyl (C=O) groups excluding carboxylic acids is 3. The number of amides is 4. The Morgan fingerprint density at radius 1 is 0.971 bits per heavy atom. The average Bonchev–Trinajstić information content (AvgIpc) is 3.15. The minimum absolute atomic E-state index is 0.0300. The summed E-state index contributed by atoms with van der Waals surface area (Å²) < 4.78 is 5.28. The van der Waals surface area contributed by atoms with E-state index in [4.69, 9.17) is 4.74 Å². The maximum Gasteiger partial charge on any atom is 0.412 e. The van der Waals surface area contributed by atoms with Crippen LogP contribution >= 0.6 is 11.3 Å². The fourth-order valence-corrected chi connectivity index (χ4v) is 3.85. The highest BCUT2D eigenvalue weighted by Gasteiger charge is 2.19. The fourth-order valence-electron chi connectivity index (χ4n) is 3.14. The molecule has 4 amide bonds. The van der Waals surface area contributed by atoms with Gasteiger partial charge in [0.2, 0.25) is 0 Å². The van der Waals surface area contributed by atoms with E-state index in [0.29, 0.717) is 16.9 Å². The Kier molecular flexibility index (Phi) is 10.1. The van der Waals surface area contributed by atoms with Crippen LogP contribution in [-0.2, 0) is 4.74 Å². The summed E-state index contributed by atoms with van der Waals surface area (Å²) in [7, 11) is 3.96. The smallest absolute Gasteiger partial charge is 0.412 e. The summed E-state index contributed by atoms with van der Waals surface area (Å²) in [4.78, 5) is 39.3. The third kappa shape index (κ3) is 9.96. The lowest BCUT2D eigenvalue weighted by atomic mass is 10.0. The van der Waals surface area contributed by atoms with E-state index in [0.717, 1.165) is 18.5 Å². The van der Waals surface area contributed by atoms with Crippen molar-refractivity contribution in [1.29, 1.82) is 0 Å². The number of hydrogen-bond donors (Lipinski definition) is 4. The third-order valence-corrected chi connectivity index (χ3v) is 5.45. The SMILES string of the molecule is CC(C)NC(=O)NC(CCN(C)C)c1ccc(C(=O)Nc2cscc2NC(=O)OC(C)(C)C)cc1. The van der Waals surface area contributed by atoms with Gasteiger partial charge < -0.3 is 25.6 Å². The van der Waals surface area contributed by atoms with Crippen molar-refractivity contribution >= 4 is 40.7 Å². The number of rotatable bonds is 9. The van der Waals surface area contributed by atoms with Gasteiger partial charge in [-0.3, -0.25) is 10.1 Å². The van der Waals surface area contributed by atoms with E-state index in [1.165, 1.54) is 11.3 Å². The van der Waals surface area contributed by atoms with Crippen LogP contribution in [-0.4, -0.2) is 55.2 Å². The van der Waals surface area contributed by atoms with Crippen LogP contribution in [0.25, 0.3) is 0 Å². The largest absolute Gasteiger partial charge is 0.444 e. The van der Waals surface area contributed by atoms with E-state index >= 15 is 0 Å². The van der Waals surface area contributed by atoms with E-state index in [1.54, 1.807) is 43.7 Å². The molecule has 1 heterocycles. The maximum atomic E-state index is 12.8. The monoisotopic (exact) mass is 503 g/mol. The van der Waals surface area contributed by atoms with Crippen LogP contribution in [0.1, 0.15) is 63.0 Å². The number of anilines is 2. The van der Waals surface area contributed by atoms with Crippen molar-refractivity contribution in [2.24, 2.45) is 0 Å². The second kappa shape index (κ2) is 12.6. The van der Waals surface area contributed by atoms with Crippen LogP contribution in [0, 0.1) is 0 Å². The summed E-state index contributed by atoms with van der Waals surface area (Å²) in [5.74, 6) is -0.308. The summed E-state index contributed by atoms with van der Waals surface area (Å²) in [6.45, 7) is 9.95. The van der Waals surface area contributed by atoms with Gasteiger partial charge in [-0.15, -0.1) is 11.3 Å². The molecule has 2 aromatic rings. The summed E-state index contributed by atoms with van der Waals surface area (Å²) in [6.07, 6.45) is 0.132. The first-order valence-electron chi connectivity index (χ1n) is 11.5. The molecule has 0 bridgehead atoms. The molecular weight excluding hydrogens is 466 g/mol. The minimum Gasteiger partial charge on any atom is -0.444 e. The molecule has 0 aliphatic rings. The first kappa shape index (κ1) is 28.1. The second-order valence-corrected chi connectivity index (χ2v) is 10.6. The van der Waals surface area contributed by atoms with Crippen molar-refractivity contribution in [1.82, 2.24) is 15.5 Å². The highest BCUT2D eigenvalue weighted by atomic mass is 32.1. The number of benzene rings is 1. The van der Waals surface area contributed by atoms with Crippen LogP contribution in [0.3, 0.4) is 0 Å². The lowest BCUT2D eigenvalue weighted by molar-refractivity contribution is 0.0635. The molecule has 0 fully saturated rings. The highest BCUT2D eigenvalue weighted by molar-refractivity contribution is 7.09. The molecule has 0 radical (unpaired) electrons. The van der Waals surface area contributed by atoms with Gasteiger partial charge in [0.1, 0.15) is 5.60 Å². The third-order valence-electron chi connectivity index (χ3n) is 4.71. The molecule has 0 aliphatic heterocycles. The molecule has 1 aromatic carbocycles. The van der Waals surface area contributed by atoms with Gasteiger partial charge in [-0.2, -0.15) is 0 Å². The Hall–Kier alpha value is -3.11. The Labute approximate surface area is 211 Å². The number of thiophene rings is 1. The van der Waals surface area contributed by atoms with Gasteiger partial charge in [0.25, 0.3) is 5.91 Å². The second-order valence-electron chi connectivity index (χ2n) is 9.82. The first-order valence-corrected chi connectivity index (χ1v) is 12.5. The Bertz CT molecular complexity index is 996. The van der Waals surface area contributed by atoms with Gasteiger partial charge in [0.15, 0.2) is 0 Å². The fraction of sp³-hybridized carbons (Fsp3) is 0.480. The van der Waals surface area contributed by atoms with E-state index in [-0.39, 0.29) is 24.0 Å². The van der Waals surface area contributed by atoms with E-state index in [2.05, 4.69) is 26.2 Å². The summed E-state index contributed by atoms with van der Waals surface area (Å²) in [6, 6.07) is 6.74. The lowest BCUT2D eigenvalue weighted by Crippen LogP contribution is -2.41. The number of nitrogens with one attached hydrogen (secondary N) is 4. The number of urea groups is 1. The Balaban J connectivity index is 2.08. The van der Waals surface area contributed by atoms with Gasteiger partial charge in [0.05, 0.1) is 17.4 Å². The molecule has 1 aromatic heterocycles. The first-order chi connectivity index (χ1) is 16.3. The van der Waals surface area contributed by atoms with Crippen LogP contribution in [0.5, 0.6) is 0 Å². The van der Waals surface area contributed by atoms with Crippen LogP contribution in [0.15, 0.2) is 35.0 Å². The molecule has 2 rings (SSSR count). The maximum absolute atomic E-state index is 12.8. The molecule has 9 nitrogen and oxygen atoms in total. The van der Waals surface area contributed by atoms with Crippen molar-refractivity contribution < 1.29 is 19.1 Å². The predicted molar refractivity (Wildman–Crippen MR) is 141 cm³/mol. The van der Waals surface area contributed by atoms with Gasteiger partial charge in [-0.1, -0.05) is 12.1 Å². The van der Waals surface area contributed by atoms with Crippen LogP contribution in [0.2, 0.25) is 0 Å². The van der Waals surface area contributed by atoms with Crippen molar-refractivity contribution in [2.75, 3.05) is 31.3 Å². The molecule has 35 heavy (non-hydrogen) atoms. The van der Waals surface area contributed by atoms with Gasteiger partial charge >= 0.3 is 12.1 Å². The number of hydrogen-bond acceptors (Lipinski definition) is 6. The van der Waals surface area contributed by atoms with Crippen molar-refractivity contribution in [3.8, 4) is 0 Å². The van der Waals surface area contributed by atoms with Gasteiger partial charge in [0, 0.05) is 22.4 Å². The average molecular weight is 504 g/mol. The quantitative estimate of drug-likeness (QED) is 0.383. The molecular formula is C25H37N5O4S. The van der Waals surface area contributed by atoms with Gasteiger partial charge in [-0.25, -0.2) is 9.59 Å². The van der Waals surface area contributed by atoms with E-state index in [1.807, 2.05) is 40.1 Å². The van der Waals surface area contributed by atoms with E-state index < -0.39 is 11.7 Å². The predicted octanol–water partition coefficient (Wildman–Crippen LogP) is 5.05. The number of ether oxygens (including phenoxy) is 1. The molecule has 10 heteroatoms. The zero-order chi connectivity index (χ0) is 26.2. The highest BCUT2D eigenvalue weighted by Crippen LogP contribution is 2.28. The zero-order valence-corrected chi connectivity index (χ0v) is 22.3.